The number of thiophene rings is 1. The molecule has 0 saturated heterocycles. The van der Waals surface area contributed by atoms with Crippen LogP contribution in [0.2, 0.25) is 5.02 Å². The van der Waals surface area contributed by atoms with Gasteiger partial charge in [-0.15, -0.1) is 11.3 Å². The average Bonchev–Trinajstić information content (AvgIpc) is 3.06. The van der Waals surface area contributed by atoms with E-state index in [9.17, 15) is 22.8 Å². The minimum Gasteiger partial charge on any atom is -0.347 e. The Balaban J connectivity index is 1.64. The molecular weight excluding hydrogens is 437 g/mol. The van der Waals surface area contributed by atoms with Crippen LogP contribution in [-0.2, 0) is 12.7 Å². The highest BCUT2D eigenvalue weighted by Crippen LogP contribution is 2.30. The van der Waals surface area contributed by atoms with Crippen molar-refractivity contribution in [3.05, 3.63) is 86.8 Å². The standard InChI is InChI=1S/C21H16ClF3N2O2S/c1-12-10-17(27-19(28)15-4-2-3-5-16(15)22)30-18(12)20(29)26-11-13-6-8-14(9-7-13)21(23,24)25/h2-10H,11H2,1H3,(H,26,29)(H,27,28). The summed E-state index contributed by atoms with van der Waals surface area (Å²) >= 11 is 7.12. The molecule has 2 aromatic carbocycles. The van der Waals surface area contributed by atoms with Crippen molar-refractivity contribution in [2.45, 2.75) is 19.6 Å². The van der Waals surface area contributed by atoms with Crippen LogP contribution in [0, 0.1) is 6.92 Å². The number of amides is 2. The van der Waals surface area contributed by atoms with Crippen LogP contribution in [0.4, 0.5) is 18.2 Å². The normalized spacial score (nSPS) is 11.2. The Morgan fingerprint density at radius 1 is 1.03 bits per heavy atom. The highest BCUT2D eigenvalue weighted by molar-refractivity contribution is 7.18. The Bertz CT molecular complexity index is 1080. The molecule has 2 N–H and O–H groups in total. The van der Waals surface area contributed by atoms with Gasteiger partial charge in [0, 0.05) is 6.54 Å². The molecule has 0 spiro atoms. The molecule has 3 rings (SSSR count). The summed E-state index contributed by atoms with van der Waals surface area (Å²) in [6, 6.07) is 12.9. The van der Waals surface area contributed by atoms with E-state index < -0.39 is 17.6 Å². The number of carbonyl (C=O) groups is 2. The smallest absolute Gasteiger partial charge is 0.347 e. The number of nitrogens with one attached hydrogen (secondary N) is 2. The maximum atomic E-state index is 12.6. The summed E-state index contributed by atoms with van der Waals surface area (Å²) in [6.07, 6.45) is -4.40. The molecule has 9 heteroatoms. The van der Waals surface area contributed by atoms with Crippen molar-refractivity contribution in [3.63, 3.8) is 0 Å². The fourth-order valence-electron chi connectivity index (χ4n) is 2.67. The highest BCUT2D eigenvalue weighted by Gasteiger charge is 2.29. The second kappa shape index (κ2) is 8.89. The molecular formula is C21H16ClF3N2O2S. The first kappa shape index (κ1) is 21.9. The Morgan fingerprint density at radius 2 is 1.70 bits per heavy atom. The first-order chi connectivity index (χ1) is 14.1. The first-order valence-corrected chi connectivity index (χ1v) is 9.95. The molecule has 0 saturated carbocycles. The zero-order valence-corrected chi connectivity index (χ0v) is 17.2. The van der Waals surface area contributed by atoms with E-state index in [1.165, 1.54) is 12.1 Å². The van der Waals surface area contributed by atoms with Gasteiger partial charge in [0.05, 0.1) is 26.0 Å². The molecule has 156 valence electrons. The Morgan fingerprint density at radius 3 is 2.33 bits per heavy atom. The van der Waals surface area contributed by atoms with Crippen LogP contribution in [0.5, 0.6) is 0 Å². The third-order valence-electron chi connectivity index (χ3n) is 4.21. The summed E-state index contributed by atoms with van der Waals surface area (Å²) in [5.41, 5.74) is 0.779. The van der Waals surface area contributed by atoms with Gasteiger partial charge in [-0.3, -0.25) is 9.59 Å². The molecule has 0 bridgehead atoms. The van der Waals surface area contributed by atoms with Crippen molar-refractivity contribution in [2.24, 2.45) is 0 Å². The van der Waals surface area contributed by atoms with Crippen LogP contribution in [-0.4, -0.2) is 11.8 Å². The predicted octanol–water partition coefficient (Wildman–Crippen LogP) is 5.91. The van der Waals surface area contributed by atoms with E-state index in [0.717, 1.165) is 23.5 Å². The van der Waals surface area contributed by atoms with Gasteiger partial charge in [0.1, 0.15) is 0 Å². The van der Waals surface area contributed by atoms with Gasteiger partial charge in [0.25, 0.3) is 11.8 Å². The molecule has 0 aliphatic heterocycles. The number of hydrogen-bond donors (Lipinski definition) is 2. The number of halogens is 4. The lowest BCUT2D eigenvalue weighted by Crippen LogP contribution is -2.22. The van der Waals surface area contributed by atoms with Crippen molar-refractivity contribution in [2.75, 3.05) is 5.32 Å². The van der Waals surface area contributed by atoms with Crippen molar-refractivity contribution < 1.29 is 22.8 Å². The molecule has 0 aliphatic carbocycles. The zero-order chi connectivity index (χ0) is 21.9. The monoisotopic (exact) mass is 452 g/mol. The summed E-state index contributed by atoms with van der Waals surface area (Å²) in [7, 11) is 0. The molecule has 0 aliphatic rings. The molecule has 30 heavy (non-hydrogen) atoms. The minimum absolute atomic E-state index is 0.0790. The number of hydrogen-bond acceptors (Lipinski definition) is 3. The Labute approximate surface area is 179 Å². The third kappa shape index (κ3) is 5.20. The van der Waals surface area contributed by atoms with E-state index >= 15 is 0 Å². The van der Waals surface area contributed by atoms with Gasteiger partial charge in [0.15, 0.2) is 0 Å². The second-order valence-corrected chi connectivity index (χ2v) is 7.89. The van der Waals surface area contributed by atoms with Gasteiger partial charge in [-0.2, -0.15) is 13.2 Å². The van der Waals surface area contributed by atoms with Crippen molar-refractivity contribution >= 4 is 39.8 Å². The second-order valence-electron chi connectivity index (χ2n) is 6.43. The van der Waals surface area contributed by atoms with Gasteiger partial charge in [-0.05, 0) is 48.4 Å². The Kier molecular flexibility index (Phi) is 6.48. The predicted molar refractivity (Wildman–Crippen MR) is 111 cm³/mol. The molecule has 1 heterocycles. The van der Waals surface area contributed by atoms with Gasteiger partial charge < -0.3 is 10.6 Å². The number of benzene rings is 2. The van der Waals surface area contributed by atoms with Crippen molar-refractivity contribution in [1.29, 1.82) is 0 Å². The summed E-state index contributed by atoms with van der Waals surface area (Å²) in [4.78, 5) is 25.2. The van der Waals surface area contributed by atoms with Crippen molar-refractivity contribution in [1.82, 2.24) is 5.32 Å². The SMILES string of the molecule is Cc1cc(NC(=O)c2ccccc2Cl)sc1C(=O)NCc1ccc(C(F)(F)F)cc1. The van der Waals surface area contributed by atoms with E-state index in [1.54, 1.807) is 37.3 Å². The number of anilines is 1. The van der Waals surface area contributed by atoms with Crippen LogP contribution in [0.15, 0.2) is 54.6 Å². The van der Waals surface area contributed by atoms with Gasteiger partial charge >= 0.3 is 6.18 Å². The summed E-state index contributed by atoms with van der Waals surface area (Å²) < 4.78 is 37.9. The van der Waals surface area contributed by atoms with Crippen molar-refractivity contribution in [3.8, 4) is 0 Å². The quantitative estimate of drug-likeness (QED) is 0.505. The molecule has 0 radical (unpaired) electrons. The van der Waals surface area contributed by atoms with Gasteiger partial charge in [-0.25, -0.2) is 0 Å². The third-order valence-corrected chi connectivity index (χ3v) is 5.69. The van der Waals surface area contributed by atoms with Crippen LogP contribution in [0.3, 0.4) is 0 Å². The van der Waals surface area contributed by atoms with E-state index in [-0.39, 0.29) is 12.5 Å². The summed E-state index contributed by atoms with van der Waals surface area (Å²) in [5.74, 6) is -0.769. The molecule has 2 amide bonds. The van der Waals surface area contributed by atoms with E-state index in [2.05, 4.69) is 10.6 Å². The molecule has 0 atom stereocenters. The zero-order valence-electron chi connectivity index (χ0n) is 15.6. The molecule has 1 aromatic heterocycles. The maximum Gasteiger partial charge on any atom is 0.416 e. The summed E-state index contributed by atoms with van der Waals surface area (Å²) in [5, 5.41) is 6.20. The lowest BCUT2D eigenvalue weighted by atomic mass is 10.1. The lowest BCUT2D eigenvalue weighted by Gasteiger charge is -2.08. The van der Waals surface area contributed by atoms with E-state index in [0.29, 0.717) is 31.6 Å². The fraction of sp³-hybridized carbons (Fsp3) is 0.143. The van der Waals surface area contributed by atoms with E-state index in [4.69, 9.17) is 11.6 Å². The average molecular weight is 453 g/mol. The highest BCUT2D eigenvalue weighted by atomic mass is 35.5. The first-order valence-electron chi connectivity index (χ1n) is 8.76. The summed E-state index contributed by atoms with van der Waals surface area (Å²) in [6.45, 7) is 1.81. The Hall–Kier alpha value is -2.84. The number of aryl methyl sites for hydroxylation is 1. The molecule has 3 aromatic rings. The van der Waals surface area contributed by atoms with Crippen LogP contribution < -0.4 is 10.6 Å². The maximum absolute atomic E-state index is 12.6. The number of rotatable bonds is 5. The number of alkyl halides is 3. The lowest BCUT2D eigenvalue weighted by molar-refractivity contribution is -0.137. The van der Waals surface area contributed by atoms with Gasteiger partial charge in [0.2, 0.25) is 0 Å². The molecule has 0 fully saturated rings. The number of carbonyl (C=O) groups excluding carboxylic acids is 2. The van der Waals surface area contributed by atoms with E-state index in [1.807, 2.05) is 0 Å². The topological polar surface area (TPSA) is 58.2 Å². The molecule has 4 nitrogen and oxygen atoms in total. The van der Waals surface area contributed by atoms with Gasteiger partial charge in [-0.1, -0.05) is 35.9 Å². The minimum atomic E-state index is -4.40. The van der Waals surface area contributed by atoms with Crippen LogP contribution in [0.25, 0.3) is 0 Å². The van der Waals surface area contributed by atoms with Crippen LogP contribution >= 0.6 is 22.9 Å². The van der Waals surface area contributed by atoms with Crippen LogP contribution in [0.1, 0.15) is 36.7 Å². The fourth-order valence-corrected chi connectivity index (χ4v) is 3.87. The molecule has 0 unspecified atom stereocenters. The largest absolute Gasteiger partial charge is 0.416 e.